The molecule has 1 aliphatic heterocycles. The normalized spacial score (nSPS) is 24.8. The topological polar surface area (TPSA) is 35.5 Å². The number of nitrogens with zero attached hydrogens (tertiary/aromatic N) is 1. The molecule has 3 nitrogen and oxygen atoms in total. The fraction of sp³-hybridized carbons (Fsp3) is 1.00. The summed E-state index contributed by atoms with van der Waals surface area (Å²) in [7, 11) is 1.92. The zero-order chi connectivity index (χ0) is 11.3. The molecule has 1 rings (SSSR count). The lowest BCUT2D eigenvalue weighted by molar-refractivity contribution is 0.185. The molecule has 1 atom stereocenters. The van der Waals surface area contributed by atoms with E-state index in [1.54, 1.807) is 0 Å². The quantitative estimate of drug-likeness (QED) is 0.735. The van der Waals surface area contributed by atoms with E-state index in [0.29, 0.717) is 5.41 Å². The monoisotopic (exact) mass is 214 g/mol. The first-order valence-corrected chi connectivity index (χ1v) is 6.08. The predicted octanol–water partition coefficient (Wildman–Crippen LogP) is 1.08. The molecule has 0 spiro atoms. The Balaban J connectivity index is 2.37. The van der Waals surface area contributed by atoms with Crippen molar-refractivity contribution in [1.29, 1.82) is 0 Å². The van der Waals surface area contributed by atoms with Gasteiger partial charge in [0.05, 0.1) is 6.61 Å². The molecular formula is C12H26N2O. The van der Waals surface area contributed by atoms with Crippen molar-refractivity contribution in [2.24, 2.45) is 5.41 Å². The lowest BCUT2D eigenvalue weighted by Crippen LogP contribution is -2.42. The molecule has 0 amide bonds. The molecule has 0 aromatic rings. The summed E-state index contributed by atoms with van der Waals surface area (Å²) in [4.78, 5) is 2.48. The fourth-order valence-corrected chi connectivity index (χ4v) is 2.21. The minimum atomic E-state index is 0.228. The molecule has 0 bridgehead atoms. The number of likely N-dealkylation sites (N-methyl/N-ethyl adjacent to an activating group) is 1. The molecule has 15 heavy (non-hydrogen) atoms. The second-order valence-electron chi connectivity index (χ2n) is 5.49. The number of aliphatic hydroxyl groups excluding tert-OH is 1. The van der Waals surface area contributed by atoms with Gasteiger partial charge in [-0.1, -0.05) is 13.8 Å². The number of hydrogen-bond acceptors (Lipinski definition) is 3. The average molecular weight is 214 g/mol. The Morgan fingerprint density at radius 2 is 2.07 bits per heavy atom. The molecule has 0 aromatic heterocycles. The number of rotatable bonds is 4. The van der Waals surface area contributed by atoms with Gasteiger partial charge in [-0.3, -0.25) is 0 Å². The van der Waals surface area contributed by atoms with Crippen molar-refractivity contribution in [1.82, 2.24) is 10.2 Å². The van der Waals surface area contributed by atoms with Crippen LogP contribution in [0.15, 0.2) is 0 Å². The van der Waals surface area contributed by atoms with Crippen LogP contribution >= 0.6 is 0 Å². The Labute approximate surface area is 93.9 Å². The maximum atomic E-state index is 9.14. The third-order valence-electron chi connectivity index (χ3n) is 3.54. The van der Waals surface area contributed by atoms with Crippen LogP contribution in [-0.4, -0.2) is 49.3 Å². The molecule has 0 saturated carbocycles. The zero-order valence-corrected chi connectivity index (χ0v) is 10.4. The Hall–Kier alpha value is -0.120. The Kier molecular flexibility index (Phi) is 5.03. The van der Waals surface area contributed by atoms with Gasteiger partial charge in [0.15, 0.2) is 0 Å². The Morgan fingerprint density at radius 3 is 2.67 bits per heavy atom. The van der Waals surface area contributed by atoms with Gasteiger partial charge in [0.2, 0.25) is 0 Å². The molecular weight excluding hydrogens is 188 g/mol. The second-order valence-corrected chi connectivity index (χ2v) is 5.49. The minimum Gasteiger partial charge on any atom is -0.395 e. The first-order valence-electron chi connectivity index (χ1n) is 6.08. The van der Waals surface area contributed by atoms with E-state index in [-0.39, 0.29) is 12.6 Å². The van der Waals surface area contributed by atoms with Crippen molar-refractivity contribution in [3.8, 4) is 0 Å². The van der Waals surface area contributed by atoms with Crippen molar-refractivity contribution in [3.63, 3.8) is 0 Å². The van der Waals surface area contributed by atoms with Gasteiger partial charge < -0.3 is 15.3 Å². The SMILES string of the molecule is CNC(CO)CN1CCCC(C)(C)CC1. The molecule has 90 valence electrons. The van der Waals surface area contributed by atoms with E-state index in [9.17, 15) is 0 Å². The van der Waals surface area contributed by atoms with E-state index >= 15 is 0 Å². The van der Waals surface area contributed by atoms with Crippen LogP contribution in [0.5, 0.6) is 0 Å². The fourth-order valence-electron chi connectivity index (χ4n) is 2.21. The number of likely N-dealkylation sites (tertiary alicyclic amines) is 1. The van der Waals surface area contributed by atoms with Crippen molar-refractivity contribution in [2.75, 3.05) is 33.3 Å². The van der Waals surface area contributed by atoms with Crippen LogP contribution in [0.3, 0.4) is 0 Å². The Bertz CT molecular complexity index is 178. The maximum absolute atomic E-state index is 9.14. The summed E-state index contributed by atoms with van der Waals surface area (Å²) in [5.41, 5.74) is 0.503. The minimum absolute atomic E-state index is 0.228. The molecule has 2 N–H and O–H groups in total. The largest absolute Gasteiger partial charge is 0.395 e. The summed E-state index contributed by atoms with van der Waals surface area (Å²) in [6, 6.07) is 0.228. The van der Waals surface area contributed by atoms with Crippen molar-refractivity contribution >= 4 is 0 Å². The van der Waals surface area contributed by atoms with Crippen LogP contribution in [0.2, 0.25) is 0 Å². The summed E-state index contributed by atoms with van der Waals surface area (Å²) in [6.45, 7) is 8.28. The summed E-state index contributed by atoms with van der Waals surface area (Å²) in [6.07, 6.45) is 3.89. The van der Waals surface area contributed by atoms with Gasteiger partial charge in [-0.15, -0.1) is 0 Å². The molecule has 0 aromatic carbocycles. The van der Waals surface area contributed by atoms with Gasteiger partial charge in [-0.25, -0.2) is 0 Å². The molecule has 1 unspecified atom stereocenters. The lowest BCUT2D eigenvalue weighted by Gasteiger charge is -2.26. The van der Waals surface area contributed by atoms with Crippen LogP contribution in [0.25, 0.3) is 0 Å². The standard InChI is InChI=1S/C12H26N2O/c1-12(2)5-4-7-14(8-6-12)9-11(10-15)13-3/h11,13,15H,4-10H2,1-3H3. The molecule has 1 saturated heterocycles. The molecule has 3 heteroatoms. The summed E-state index contributed by atoms with van der Waals surface area (Å²) in [5, 5.41) is 12.3. The van der Waals surface area contributed by atoms with Crippen LogP contribution in [0.1, 0.15) is 33.1 Å². The van der Waals surface area contributed by atoms with Gasteiger partial charge in [0, 0.05) is 12.6 Å². The van der Waals surface area contributed by atoms with Crippen LogP contribution in [-0.2, 0) is 0 Å². The average Bonchev–Trinajstić information content (AvgIpc) is 2.36. The van der Waals surface area contributed by atoms with E-state index < -0.39 is 0 Å². The lowest BCUT2D eigenvalue weighted by atomic mass is 9.85. The molecule has 1 heterocycles. The summed E-state index contributed by atoms with van der Waals surface area (Å²) >= 11 is 0. The highest BCUT2D eigenvalue weighted by Crippen LogP contribution is 2.29. The molecule has 1 fully saturated rings. The number of hydrogen-bond donors (Lipinski definition) is 2. The third-order valence-corrected chi connectivity index (χ3v) is 3.54. The van der Waals surface area contributed by atoms with E-state index in [4.69, 9.17) is 5.11 Å². The van der Waals surface area contributed by atoms with E-state index in [0.717, 1.165) is 6.54 Å². The highest BCUT2D eigenvalue weighted by atomic mass is 16.3. The highest BCUT2D eigenvalue weighted by Gasteiger charge is 2.23. The van der Waals surface area contributed by atoms with Gasteiger partial charge in [-0.05, 0) is 44.8 Å². The zero-order valence-electron chi connectivity index (χ0n) is 10.4. The van der Waals surface area contributed by atoms with Crippen LogP contribution in [0, 0.1) is 5.41 Å². The molecule has 0 radical (unpaired) electrons. The van der Waals surface area contributed by atoms with Gasteiger partial charge >= 0.3 is 0 Å². The first kappa shape index (κ1) is 12.9. The third kappa shape index (κ3) is 4.49. The highest BCUT2D eigenvalue weighted by molar-refractivity contribution is 4.78. The predicted molar refractivity (Wildman–Crippen MR) is 64.0 cm³/mol. The van der Waals surface area contributed by atoms with Crippen LogP contribution in [0.4, 0.5) is 0 Å². The smallest absolute Gasteiger partial charge is 0.0597 e. The van der Waals surface area contributed by atoms with Crippen LogP contribution < -0.4 is 5.32 Å². The second kappa shape index (κ2) is 5.83. The number of aliphatic hydroxyl groups is 1. The summed E-state index contributed by atoms with van der Waals surface area (Å²) < 4.78 is 0. The van der Waals surface area contributed by atoms with Gasteiger partial charge in [0.25, 0.3) is 0 Å². The maximum Gasteiger partial charge on any atom is 0.0597 e. The van der Waals surface area contributed by atoms with E-state index in [1.165, 1.54) is 32.4 Å². The van der Waals surface area contributed by atoms with E-state index in [1.807, 2.05) is 7.05 Å². The van der Waals surface area contributed by atoms with Crippen molar-refractivity contribution < 1.29 is 5.11 Å². The van der Waals surface area contributed by atoms with E-state index in [2.05, 4.69) is 24.1 Å². The number of nitrogens with one attached hydrogen (secondary N) is 1. The van der Waals surface area contributed by atoms with Crippen molar-refractivity contribution in [2.45, 2.75) is 39.2 Å². The summed E-state index contributed by atoms with van der Waals surface area (Å²) in [5.74, 6) is 0. The molecule has 0 aliphatic carbocycles. The molecule has 1 aliphatic rings. The van der Waals surface area contributed by atoms with Gasteiger partial charge in [0.1, 0.15) is 0 Å². The Morgan fingerprint density at radius 1 is 1.33 bits per heavy atom. The van der Waals surface area contributed by atoms with Gasteiger partial charge in [-0.2, -0.15) is 0 Å². The first-order chi connectivity index (χ1) is 7.07. The van der Waals surface area contributed by atoms with Crippen molar-refractivity contribution in [3.05, 3.63) is 0 Å².